The molecule has 2 aromatic heterocycles. The molecule has 0 atom stereocenters. The van der Waals surface area contributed by atoms with E-state index in [2.05, 4.69) is 30.0 Å². The molecule has 4 rings (SSSR count). The molecule has 1 saturated heterocycles. The van der Waals surface area contributed by atoms with Crippen LogP contribution >= 0.6 is 0 Å². The summed E-state index contributed by atoms with van der Waals surface area (Å²) >= 11 is 0. The highest BCUT2D eigenvalue weighted by Gasteiger charge is 2.19. The standard InChI is InChI=1S/C16H18FN7/c17-11-2-4-12(5-3-11)23-6-1-7-24(9-8-23)15-13-10-19-22-14(13)20-16(18)21-15/h2-5,10H,1,6-9H2,(H3,18,19,20,21,22). The van der Waals surface area contributed by atoms with Crippen LogP contribution in [0.3, 0.4) is 0 Å². The second-order valence-electron chi connectivity index (χ2n) is 5.84. The maximum atomic E-state index is 13.1. The fourth-order valence-corrected chi connectivity index (χ4v) is 3.12. The van der Waals surface area contributed by atoms with E-state index in [0.717, 1.165) is 49.5 Å². The highest BCUT2D eigenvalue weighted by Crippen LogP contribution is 2.25. The van der Waals surface area contributed by atoms with Gasteiger partial charge in [0.1, 0.15) is 11.6 Å². The van der Waals surface area contributed by atoms with Crippen LogP contribution in [0.25, 0.3) is 11.0 Å². The average molecular weight is 327 g/mol. The van der Waals surface area contributed by atoms with Gasteiger partial charge >= 0.3 is 0 Å². The van der Waals surface area contributed by atoms with Crippen LogP contribution in [0.15, 0.2) is 30.5 Å². The van der Waals surface area contributed by atoms with Crippen molar-refractivity contribution in [2.75, 3.05) is 41.7 Å². The monoisotopic (exact) mass is 327 g/mol. The molecule has 3 N–H and O–H groups in total. The molecule has 1 aliphatic rings. The summed E-state index contributed by atoms with van der Waals surface area (Å²) in [5.74, 6) is 0.836. The van der Waals surface area contributed by atoms with Crippen molar-refractivity contribution in [1.82, 2.24) is 20.2 Å². The summed E-state index contributed by atoms with van der Waals surface area (Å²) in [5.41, 5.74) is 7.51. The molecule has 3 heterocycles. The van der Waals surface area contributed by atoms with Crippen molar-refractivity contribution >= 4 is 28.5 Å². The first-order valence-electron chi connectivity index (χ1n) is 7.93. The molecule has 0 amide bonds. The van der Waals surface area contributed by atoms with Crippen LogP contribution in [0.2, 0.25) is 0 Å². The quantitative estimate of drug-likeness (QED) is 0.746. The molecule has 1 aliphatic heterocycles. The Morgan fingerprint density at radius 1 is 1.00 bits per heavy atom. The van der Waals surface area contributed by atoms with Crippen LogP contribution in [-0.2, 0) is 0 Å². The Balaban J connectivity index is 1.58. The van der Waals surface area contributed by atoms with Gasteiger partial charge in [-0.1, -0.05) is 0 Å². The third kappa shape index (κ3) is 2.70. The van der Waals surface area contributed by atoms with Gasteiger partial charge in [0.25, 0.3) is 0 Å². The Morgan fingerprint density at radius 2 is 1.75 bits per heavy atom. The number of rotatable bonds is 2. The molecule has 1 aromatic carbocycles. The van der Waals surface area contributed by atoms with Crippen LogP contribution in [0.5, 0.6) is 0 Å². The number of H-pyrrole nitrogens is 1. The van der Waals surface area contributed by atoms with E-state index in [1.54, 1.807) is 6.20 Å². The lowest BCUT2D eigenvalue weighted by Crippen LogP contribution is -2.31. The lowest BCUT2D eigenvalue weighted by atomic mass is 10.2. The maximum Gasteiger partial charge on any atom is 0.224 e. The van der Waals surface area contributed by atoms with Crippen LogP contribution in [0, 0.1) is 5.82 Å². The zero-order chi connectivity index (χ0) is 16.5. The number of aromatic amines is 1. The number of benzene rings is 1. The summed E-state index contributed by atoms with van der Waals surface area (Å²) in [4.78, 5) is 13.0. The number of hydrogen-bond acceptors (Lipinski definition) is 6. The van der Waals surface area contributed by atoms with Gasteiger partial charge in [0, 0.05) is 31.9 Å². The molecule has 8 heteroatoms. The van der Waals surface area contributed by atoms with Crippen molar-refractivity contribution in [1.29, 1.82) is 0 Å². The second kappa shape index (κ2) is 5.95. The van der Waals surface area contributed by atoms with Crippen molar-refractivity contribution in [3.63, 3.8) is 0 Å². The molecule has 0 spiro atoms. The van der Waals surface area contributed by atoms with E-state index < -0.39 is 0 Å². The maximum absolute atomic E-state index is 13.1. The Hall–Kier alpha value is -2.90. The summed E-state index contributed by atoms with van der Waals surface area (Å²) in [5, 5.41) is 7.75. The molecule has 24 heavy (non-hydrogen) atoms. The van der Waals surface area contributed by atoms with Gasteiger partial charge in [0.2, 0.25) is 5.95 Å². The van der Waals surface area contributed by atoms with Gasteiger partial charge in [0.05, 0.1) is 11.6 Å². The smallest absolute Gasteiger partial charge is 0.224 e. The predicted octanol–water partition coefficient (Wildman–Crippen LogP) is 1.79. The van der Waals surface area contributed by atoms with Gasteiger partial charge in [-0.25, -0.2) is 4.39 Å². The number of anilines is 3. The van der Waals surface area contributed by atoms with Gasteiger partial charge in [-0.05, 0) is 30.7 Å². The largest absolute Gasteiger partial charge is 0.370 e. The third-order valence-corrected chi connectivity index (χ3v) is 4.29. The van der Waals surface area contributed by atoms with Crippen molar-refractivity contribution < 1.29 is 4.39 Å². The predicted molar refractivity (Wildman–Crippen MR) is 91.5 cm³/mol. The first-order valence-corrected chi connectivity index (χ1v) is 7.93. The molecule has 124 valence electrons. The number of hydrogen-bond donors (Lipinski definition) is 2. The van der Waals surface area contributed by atoms with Crippen molar-refractivity contribution in [2.45, 2.75) is 6.42 Å². The van der Waals surface area contributed by atoms with Gasteiger partial charge < -0.3 is 15.5 Å². The highest BCUT2D eigenvalue weighted by molar-refractivity contribution is 5.87. The first kappa shape index (κ1) is 14.7. The number of fused-ring (bicyclic) bond motifs is 1. The number of halogens is 1. The topological polar surface area (TPSA) is 87.0 Å². The average Bonchev–Trinajstić information content (AvgIpc) is 2.90. The molecule has 0 aliphatic carbocycles. The molecule has 7 nitrogen and oxygen atoms in total. The molecular formula is C16H18FN7. The Labute approximate surface area is 138 Å². The molecule has 0 saturated carbocycles. The zero-order valence-corrected chi connectivity index (χ0v) is 13.1. The van der Waals surface area contributed by atoms with Gasteiger partial charge in [-0.3, -0.25) is 5.10 Å². The van der Waals surface area contributed by atoms with Crippen LogP contribution < -0.4 is 15.5 Å². The summed E-state index contributed by atoms with van der Waals surface area (Å²) < 4.78 is 13.1. The van der Waals surface area contributed by atoms with E-state index in [1.807, 2.05) is 12.1 Å². The van der Waals surface area contributed by atoms with E-state index in [-0.39, 0.29) is 11.8 Å². The molecular weight excluding hydrogens is 309 g/mol. The minimum absolute atomic E-state index is 0.214. The van der Waals surface area contributed by atoms with Gasteiger partial charge in [-0.15, -0.1) is 0 Å². The molecule has 3 aromatic rings. The van der Waals surface area contributed by atoms with E-state index in [0.29, 0.717) is 5.65 Å². The summed E-state index contributed by atoms with van der Waals surface area (Å²) in [6.07, 6.45) is 2.70. The summed E-state index contributed by atoms with van der Waals surface area (Å²) in [6.45, 7) is 3.41. The number of aromatic nitrogens is 4. The number of nitrogen functional groups attached to an aromatic ring is 1. The number of nitrogens with one attached hydrogen (secondary N) is 1. The van der Waals surface area contributed by atoms with Crippen LogP contribution in [0.1, 0.15) is 6.42 Å². The minimum Gasteiger partial charge on any atom is -0.370 e. The van der Waals surface area contributed by atoms with Crippen molar-refractivity contribution in [3.05, 3.63) is 36.3 Å². The second-order valence-corrected chi connectivity index (χ2v) is 5.84. The third-order valence-electron chi connectivity index (χ3n) is 4.29. The number of nitrogens with two attached hydrogens (primary N) is 1. The zero-order valence-electron chi connectivity index (χ0n) is 13.1. The van der Waals surface area contributed by atoms with E-state index in [4.69, 9.17) is 5.73 Å². The Morgan fingerprint density at radius 3 is 2.58 bits per heavy atom. The molecule has 0 unspecified atom stereocenters. The Bertz CT molecular complexity index is 845. The van der Waals surface area contributed by atoms with Gasteiger partial charge in [0.15, 0.2) is 5.65 Å². The Kier molecular flexibility index (Phi) is 3.64. The molecule has 0 radical (unpaired) electrons. The van der Waals surface area contributed by atoms with E-state index in [1.165, 1.54) is 12.1 Å². The van der Waals surface area contributed by atoms with E-state index >= 15 is 0 Å². The van der Waals surface area contributed by atoms with E-state index in [9.17, 15) is 4.39 Å². The van der Waals surface area contributed by atoms with Crippen LogP contribution in [-0.4, -0.2) is 46.3 Å². The molecule has 0 bridgehead atoms. The normalized spacial score (nSPS) is 15.7. The fraction of sp³-hybridized carbons (Fsp3) is 0.312. The van der Waals surface area contributed by atoms with Crippen LogP contribution in [0.4, 0.5) is 21.8 Å². The summed E-state index contributed by atoms with van der Waals surface area (Å²) in [7, 11) is 0. The molecule has 1 fully saturated rings. The fourth-order valence-electron chi connectivity index (χ4n) is 3.12. The first-order chi connectivity index (χ1) is 11.7. The highest BCUT2D eigenvalue weighted by atomic mass is 19.1. The number of nitrogens with zero attached hydrogens (tertiary/aromatic N) is 5. The van der Waals surface area contributed by atoms with Crippen molar-refractivity contribution in [2.24, 2.45) is 0 Å². The lowest BCUT2D eigenvalue weighted by Gasteiger charge is -2.24. The van der Waals surface area contributed by atoms with Gasteiger partial charge in [-0.2, -0.15) is 15.1 Å². The SMILES string of the molecule is Nc1nc(N2CCCN(c3ccc(F)cc3)CC2)c2cn[nH]c2n1. The summed E-state index contributed by atoms with van der Waals surface area (Å²) in [6, 6.07) is 6.64. The lowest BCUT2D eigenvalue weighted by molar-refractivity contribution is 0.627. The minimum atomic E-state index is -0.214. The van der Waals surface area contributed by atoms with Crippen molar-refractivity contribution in [3.8, 4) is 0 Å².